The fourth-order valence-corrected chi connectivity index (χ4v) is 0. The van der Waals surface area contributed by atoms with Crippen molar-refractivity contribution < 1.29 is 9.46 Å². The van der Waals surface area contributed by atoms with Gasteiger partial charge in [0.15, 0.2) is 8.03 Å². The van der Waals surface area contributed by atoms with Crippen LogP contribution in [0.2, 0.25) is 0 Å². The van der Waals surface area contributed by atoms with Crippen LogP contribution < -0.4 is 0 Å². The van der Waals surface area contributed by atoms with Crippen molar-refractivity contribution in [3.63, 3.8) is 0 Å². The Morgan fingerprint density at radius 1 is 1.83 bits per heavy atom. The quantitative estimate of drug-likeness (QED) is 0.392. The molecule has 6 heavy (non-hydrogen) atoms. The summed E-state index contributed by atoms with van der Waals surface area (Å²) in [5.41, 5.74) is 0. The Balaban J connectivity index is 0. The first-order valence-electron chi connectivity index (χ1n) is 1.49. The summed E-state index contributed by atoms with van der Waals surface area (Å²) in [5.74, 6) is 0. The Kier molecular flexibility index (Phi) is 11.2. The zero-order valence-electron chi connectivity index (χ0n) is 3.06. The van der Waals surface area contributed by atoms with E-state index in [1.165, 1.54) is 0 Å². The molecule has 0 aromatic rings. The molecule has 0 heterocycles. The first kappa shape index (κ1) is 10.4. The van der Waals surface area contributed by atoms with Gasteiger partial charge in [-0.15, -0.1) is 0 Å². The molecule has 1 atom stereocenters. The summed E-state index contributed by atoms with van der Waals surface area (Å²) in [6.45, 7) is 1.68. The van der Waals surface area contributed by atoms with Crippen molar-refractivity contribution in [3.8, 4) is 0 Å². The monoisotopic (exact) mass is 136 g/mol. The van der Waals surface area contributed by atoms with Crippen LogP contribution in [0.4, 0.5) is 0 Å². The minimum atomic E-state index is -2.12. The van der Waals surface area contributed by atoms with E-state index in [1.54, 1.807) is 6.92 Å². The van der Waals surface area contributed by atoms with Crippen LogP contribution in [0, 0.1) is 0 Å². The Labute approximate surface area is 67.8 Å². The van der Waals surface area contributed by atoms with Gasteiger partial charge < -0.3 is 4.89 Å². The molecule has 1 unspecified atom stereocenters. The second-order valence-electron chi connectivity index (χ2n) is 0.747. The Morgan fingerprint density at radius 2 is 2.00 bits per heavy atom. The summed E-state index contributed by atoms with van der Waals surface area (Å²) < 4.78 is 9.55. The molecule has 0 bridgehead atoms. The van der Waals surface area contributed by atoms with Gasteiger partial charge in [0.05, 0.1) is 0 Å². The third-order valence-corrected chi connectivity index (χ3v) is 0.907. The van der Waals surface area contributed by atoms with E-state index in [0.717, 1.165) is 0 Å². The normalized spacial score (nSPS) is 12.3. The molecule has 0 aliphatic heterocycles. The van der Waals surface area contributed by atoms with Gasteiger partial charge in [-0.1, -0.05) is 6.92 Å². The van der Waals surface area contributed by atoms with E-state index >= 15 is 0 Å². The zero-order chi connectivity index (χ0) is 4.28. The molecule has 0 aliphatic rings. The van der Waals surface area contributed by atoms with Crippen LogP contribution in [0.1, 0.15) is 6.92 Å². The Morgan fingerprint density at radius 3 is 2.00 bits per heavy atom. The first-order chi connectivity index (χ1) is 2.27. The molecule has 1 N–H and O–H groups in total. The topological polar surface area (TPSA) is 37.3 Å². The van der Waals surface area contributed by atoms with Gasteiger partial charge >= 0.3 is 37.7 Å². The summed E-state index contributed by atoms with van der Waals surface area (Å²) in [7, 11) is -2.12. The second kappa shape index (κ2) is 6.45. The third kappa shape index (κ3) is 9.07. The summed E-state index contributed by atoms with van der Waals surface area (Å²) >= 11 is 0. The van der Waals surface area contributed by atoms with Crippen molar-refractivity contribution in [2.75, 3.05) is 6.16 Å². The SMILES string of the molecule is CC[PH](=O)O.[CaH2]. The first-order valence-corrected chi connectivity index (χ1v) is 3.05. The van der Waals surface area contributed by atoms with Crippen molar-refractivity contribution in [2.45, 2.75) is 6.92 Å². The van der Waals surface area contributed by atoms with Crippen molar-refractivity contribution in [1.29, 1.82) is 0 Å². The molecule has 0 amide bonds. The van der Waals surface area contributed by atoms with E-state index in [1.807, 2.05) is 0 Å². The third-order valence-electron chi connectivity index (χ3n) is 0.302. The molecule has 0 aromatic carbocycles. The van der Waals surface area contributed by atoms with Gasteiger partial charge in [0.25, 0.3) is 0 Å². The predicted molar refractivity (Wildman–Crippen MR) is 30.3 cm³/mol. The molecule has 0 radical (unpaired) electrons. The summed E-state index contributed by atoms with van der Waals surface area (Å²) in [6, 6.07) is 0. The molecule has 0 spiro atoms. The van der Waals surface area contributed by atoms with Crippen LogP contribution >= 0.6 is 8.03 Å². The van der Waals surface area contributed by atoms with E-state index < -0.39 is 8.03 Å². The van der Waals surface area contributed by atoms with Crippen LogP contribution in [0.3, 0.4) is 0 Å². The van der Waals surface area contributed by atoms with Gasteiger partial charge in [-0.3, -0.25) is 4.57 Å². The molecule has 0 rings (SSSR count). The van der Waals surface area contributed by atoms with E-state index in [2.05, 4.69) is 0 Å². The van der Waals surface area contributed by atoms with Gasteiger partial charge in [-0.25, -0.2) is 0 Å². The molecule has 0 saturated carbocycles. The van der Waals surface area contributed by atoms with Crippen LogP contribution in [-0.4, -0.2) is 48.8 Å². The maximum atomic E-state index is 9.55. The molecule has 0 aromatic heterocycles. The van der Waals surface area contributed by atoms with Crippen molar-refractivity contribution in [2.24, 2.45) is 0 Å². The van der Waals surface area contributed by atoms with Crippen LogP contribution in [0.15, 0.2) is 0 Å². The molecular formula is C2H9CaO2P. The standard InChI is InChI=1S/C2H7O2P.Ca.2H/c1-2-5(3)4;;;/h5H,2H2,1H3,(H,3,4);;;. The number of hydrogen-bond acceptors (Lipinski definition) is 1. The summed E-state index contributed by atoms with van der Waals surface area (Å²) in [5, 5.41) is 0. The average molecular weight is 136 g/mol. The summed E-state index contributed by atoms with van der Waals surface area (Å²) in [6.07, 6.45) is 0.407. The van der Waals surface area contributed by atoms with E-state index in [0.29, 0.717) is 6.16 Å². The fourth-order valence-electron chi connectivity index (χ4n) is 0. The predicted octanol–water partition coefficient (Wildman–Crippen LogP) is -0.443. The van der Waals surface area contributed by atoms with Gasteiger partial charge in [0, 0.05) is 6.16 Å². The number of rotatable bonds is 1. The molecular weight excluding hydrogens is 127 g/mol. The van der Waals surface area contributed by atoms with Gasteiger partial charge in [0.2, 0.25) is 0 Å². The minimum absolute atomic E-state index is 0. The van der Waals surface area contributed by atoms with Crippen LogP contribution in [0.25, 0.3) is 0 Å². The van der Waals surface area contributed by atoms with Crippen LogP contribution in [0.5, 0.6) is 0 Å². The Hall–Kier alpha value is 1.45. The fraction of sp³-hybridized carbons (Fsp3) is 1.00. The molecule has 2 nitrogen and oxygen atoms in total. The van der Waals surface area contributed by atoms with E-state index in [4.69, 9.17) is 4.89 Å². The van der Waals surface area contributed by atoms with Crippen molar-refractivity contribution in [3.05, 3.63) is 0 Å². The van der Waals surface area contributed by atoms with E-state index in [9.17, 15) is 4.57 Å². The van der Waals surface area contributed by atoms with Crippen molar-refractivity contribution >= 4 is 45.8 Å². The van der Waals surface area contributed by atoms with Gasteiger partial charge in [-0.2, -0.15) is 0 Å². The molecule has 0 saturated heterocycles. The second-order valence-corrected chi connectivity index (χ2v) is 2.24. The molecule has 0 fully saturated rings. The maximum absolute atomic E-state index is 9.55. The molecule has 4 heteroatoms. The Bertz CT molecular complexity index is 46.8. The average Bonchev–Trinajstić information content (AvgIpc) is 1.38. The van der Waals surface area contributed by atoms with E-state index in [-0.39, 0.29) is 37.7 Å². The number of hydrogen-bond donors (Lipinski definition) is 1. The van der Waals surface area contributed by atoms with Gasteiger partial charge in [-0.05, 0) is 0 Å². The molecule has 36 valence electrons. The van der Waals surface area contributed by atoms with Crippen molar-refractivity contribution in [1.82, 2.24) is 0 Å². The summed E-state index contributed by atoms with van der Waals surface area (Å²) in [4.78, 5) is 7.91. The van der Waals surface area contributed by atoms with Gasteiger partial charge in [0.1, 0.15) is 0 Å². The zero-order valence-corrected chi connectivity index (χ0v) is 4.06. The molecule has 0 aliphatic carbocycles. The van der Waals surface area contributed by atoms with Crippen LogP contribution in [-0.2, 0) is 4.57 Å².